The van der Waals surface area contributed by atoms with Gasteiger partial charge in [-0.3, -0.25) is 0 Å². The lowest BCUT2D eigenvalue weighted by atomic mass is 10.7. The van der Waals surface area contributed by atoms with E-state index in [0.717, 1.165) is 5.82 Å². The molecular formula is C5H12N2. The van der Waals surface area contributed by atoms with Crippen molar-refractivity contribution < 1.29 is 0 Å². The van der Waals surface area contributed by atoms with E-state index < -0.39 is 0 Å². The van der Waals surface area contributed by atoms with Crippen LogP contribution in [0, 0.1) is 0 Å². The first-order valence-electron chi connectivity index (χ1n) is 2.22. The molecule has 0 amide bonds. The summed E-state index contributed by atoms with van der Waals surface area (Å²) in [7, 11) is 5.74. The molecule has 0 spiro atoms. The van der Waals surface area contributed by atoms with Gasteiger partial charge in [0, 0.05) is 21.1 Å². The SMILES string of the molecule is C=C(NC)N(C)C. The van der Waals surface area contributed by atoms with E-state index in [9.17, 15) is 0 Å². The largest absolute Gasteiger partial charge is 0.375 e. The van der Waals surface area contributed by atoms with Crippen LogP contribution in [0.15, 0.2) is 12.4 Å². The highest BCUT2D eigenvalue weighted by Gasteiger charge is 1.85. The van der Waals surface area contributed by atoms with Crippen LogP contribution in [0.3, 0.4) is 0 Å². The third-order valence-electron chi connectivity index (χ3n) is 0.828. The number of hydrogen-bond acceptors (Lipinski definition) is 2. The molecule has 0 fully saturated rings. The second kappa shape index (κ2) is 2.50. The molecule has 0 radical (unpaired) electrons. The Hall–Kier alpha value is -0.660. The Labute approximate surface area is 44.8 Å². The van der Waals surface area contributed by atoms with Crippen molar-refractivity contribution in [3.8, 4) is 0 Å². The van der Waals surface area contributed by atoms with Gasteiger partial charge in [-0.25, -0.2) is 0 Å². The van der Waals surface area contributed by atoms with Gasteiger partial charge in [-0.05, 0) is 0 Å². The Morgan fingerprint density at radius 3 is 2.00 bits per heavy atom. The summed E-state index contributed by atoms with van der Waals surface area (Å²) in [6.07, 6.45) is 0. The van der Waals surface area contributed by atoms with E-state index in [2.05, 4.69) is 11.9 Å². The van der Waals surface area contributed by atoms with E-state index in [0.29, 0.717) is 0 Å². The monoisotopic (exact) mass is 100 g/mol. The highest BCUT2D eigenvalue weighted by Crippen LogP contribution is 1.82. The highest BCUT2D eigenvalue weighted by molar-refractivity contribution is 4.84. The maximum atomic E-state index is 3.69. The molecule has 0 atom stereocenters. The topological polar surface area (TPSA) is 15.3 Å². The van der Waals surface area contributed by atoms with Gasteiger partial charge in [0.2, 0.25) is 0 Å². The van der Waals surface area contributed by atoms with Crippen molar-refractivity contribution in [2.75, 3.05) is 21.1 Å². The van der Waals surface area contributed by atoms with Crippen LogP contribution in [0.1, 0.15) is 0 Å². The highest BCUT2D eigenvalue weighted by atomic mass is 15.2. The van der Waals surface area contributed by atoms with E-state index in [4.69, 9.17) is 0 Å². The fraction of sp³-hybridized carbons (Fsp3) is 0.600. The molecule has 0 aromatic carbocycles. The molecule has 0 heterocycles. The molecule has 7 heavy (non-hydrogen) atoms. The molecule has 0 aliphatic rings. The summed E-state index contributed by atoms with van der Waals surface area (Å²) in [6, 6.07) is 0. The van der Waals surface area contributed by atoms with Gasteiger partial charge < -0.3 is 10.2 Å². The van der Waals surface area contributed by atoms with Crippen molar-refractivity contribution in [1.82, 2.24) is 10.2 Å². The summed E-state index contributed by atoms with van der Waals surface area (Å²) < 4.78 is 0. The van der Waals surface area contributed by atoms with E-state index in [1.807, 2.05) is 26.0 Å². The summed E-state index contributed by atoms with van der Waals surface area (Å²) in [5.41, 5.74) is 0. The summed E-state index contributed by atoms with van der Waals surface area (Å²) in [5, 5.41) is 2.90. The smallest absolute Gasteiger partial charge is 0.0930 e. The standard InChI is InChI=1S/C5H12N2/c1-5(6-2)7(3)4/h6H,1H2,2-4H3. The first kappa shape index (κ1) is 6.34. The third kappa shape index (κ3) is 2.09. The molecule has 0 aromatic rings. The maximum Gasteiger partial charge on any atom is 0.0930 e. The van der Waals surface area contributed by atoms with E-state index in [-0.39, 0.29) is 0 Å². The molecule has 0 unspecified atom stereocenters. The average molecular weight is 100 g/mol. The molecule has 0 saturated heterocycles. The summed E-state index contributed by atoms with van der Waals surface area (Å²) in [5.74, 6) is 0.931. The van der Waals surface area contributed by atoms with Gasteiger partial charge in [-0.1, -0.05) is 6.58 Å². The quantitative estimate of drug-likeness (QED) is 0.534. The molecule has 0 aromatic heterocycles. The first-order chi connectivity index (χ1) is 3.18. The third-order valence-corrected chi connectivity index (χ3v) is 0.828. The van der Waals surface area contributed by atoms with E-state index in [1.165, 1.54) is 0 Å². The van der Waals surface area contributed by atoms with Gasteiger partial charge >= 0.3 is 0 Å². The van der Waals surface area contributed by atoms with Crippen LogP contribution in [0.2, 0.25) is 0 Å². The number of rotatable bonds is 2. The fourth-order valence-corrected chi connectivity index (χ4v) is 0.224. The molecule has 0 saturated carbocycles. The van der Waals surface area contributed by atoms with Gasteiger partial charge in [0.1, 0.15) is 0 Å². The van der Waals surface area contributed by atoms with Crippen LogP contribution >= 0.6 is 0 Å². The molecule has 0 aliphatic carbocycles. The molecule has 2 heteroatoms. The van der Waals surface area contributed by atoms with Crippen LogP contribution < -0.4 is 5.32 Å². The normalized spacial score (nSPS) is 7.86. The van der Waals surface area contributed by atoms with Crippen molar-refractivity contribution in [3.63, 3.8) is 0 Å². The molecule has 0 aliphatic heterocycles. The molecule has 2 nitrogen and oxygen atoms in total. The summed E-state index contributed by atoms with van der Waals surface area (Å²) in [4.78, 5) is 1.92. The predicted molar refractivity (Wildman–Crippen MR) is 31.9 cm³/mol. The lowest BCUT2D eigenvalue weighted by Gasteiger charge is -2.13. The van der Waals surface area contributed by atoms with E-state index in [1.54, 1.807) is 0 Å². The van der Waals surface area contributed by atoms with Crippen LogP contribution in [-0.2, 0) is 0 Å². The molecule has 0 bridgehead atoms. The van der Waals surface area contributed by atoms with Crippen molar-refractivity contribution in [2.24, 2.45) is 0 Å². The van der Waals surface area contributed by atoms with Crippen molar-refractivity contribution in [2.45, 2.75) is 0 Å². The Morgan fingerprint density at radius 1 is 1.57 bits per heavy atom. The molecular weight excluding hydrogens is 88.1 g/mol. The lowest BCUT2D eigenvalue weighted by molar-refractivity contribution is 0.479. The number of nitrogens with one attached hydrogen (secondary N) is 1. The predicted octanol–water partition coefficient (Wildman–Crippen LogP) is 0.239. The summed E-state index contributed by atoms with van der Waals surface area (Å²) >= 11 is 0. The Bertz CT molecular complexity index is 66.5. The van der Waals surface area contributed by atoms with Crippen molar-refractivity contribution in [3.05, 3.63) is 12.4 Å². The summed E-state index contributed by atoms with van der Waals surface area (Å²) in [6.45, 7) is 3.69. The van der Waals surface area contributed by atoms with Gasteiger partial charge in [-0.15, -0.1) is 0 Å². The van der Waals surface area contributed by atoms with E-state index >= 15 is 0 Å². The van der Waals surface area contributed by atoms with Crippen molar-refractivity contribution >= 4 is 0 Å². The Kier molecular flexibility index (Phi) is 2.27. The van der Waals surface area contributed by atoms with Crippen LogP contribution in [0.4, 0.5) is 0 Å². The minimum absolute atomic E-state index is 0.931. The Morgan fingerprint density at radius 2 is 2.00 bits per heavy atom. The van der Waals surface area contributed by atoms with Crippen LogP contribution in [-0.4, -0.2) is 26.0 Å². The molecule has 42 valence electrons. The second-order valence-electron chi connectivity index (χ2n) is 1.59. The van der Waals surface area contributed by atoms with Gasteiger partial charge in [0.25, 0.3) is 0 Å². The zero-order chi connectivity index (χ0) is 5.86. The van der Waals surface area contributed by atoms with Gasteiger partial charge in [-0.2, -0.15) is 0 Å². The fourth-order valence-electron chi connectivity index (χ4n) is 0.224. The van der Waals surface area contributed by atoms with Crippen molar-refractivity contribution in [1.29, 1.82) is 0 Å². The molecule has 0 rings (SSSR count). The number of nitrogens with zero attached hydrogens (tertiary/aromatic N) is 1. The van der Waals surface area contributed by atoms with Gasteiger partial charge in [0.15, 0.2) is 0 Å². The zero-order valence-corrected chi connectivity index (χ0v) is 5.15. The Balaban J connectivity index is 3.35. The average Bonchev–Trinajstić information content (AvgIpc) is 1.65. The first-order valence-corrected chi connectivity index (χ1v) is 2.22. The van der Waals surface area contributed by atoms with Gasteiger partial charge in [0.05, 0.1) is 5.82 Å². The van der Waals surface area contributed by atoms with Crippen LogP contribution in [0.5, 0.6) is 0 Å². The minimum Gasteiger partial charge on any atom is -0.375 e. The van der Waals surface area contributed by atoms with Crippen LogP contribution in [0.25, 0.3) is 0 Å². The number of hydrogen-bond donors (Lipinski definition) is 1. The minimum atomic E-state index is 0.931. The maximum absolute atomic E-state index is 3.69. The lowest BCUT2D eigenvalue weighted by Crippen LogP contribution is -2.20. The molecule has 1 N–H and O–H groups in total. The second-order valence-corrected chi connectivity index (χ2v) is 1.59. The zero-order valence-electron chi connectivity index (χ0n) is 5.15.